The summed E-state index contributed by atoms with van der Waals surface area (Å²) in [5, 5.41) is -1.99. The molecule has 0 saturated carbocycles. The molecule has 0 amide bonds. The highest BCUT2D eigenvalue weighted by molar-refractivity contribution is 7.81. The lowest BCUT2D eigenvalue weighted by Crippen LogP contribution is -2.20. The van der Waals surface area contributed by atoms with Crippen molar-refractivity contribution >= 4 is 18.6 Å². The maximum atomic E-state index is 11.3. The second-order valence-electron chi connectivity index (χ2n) is 1.27. The van der Waals surface area contributed by atoms with Gasteiger partial charge in [0.05, 0.1) is 0 Å². The zero-order valence-corrected chi connectivity index (χ0v) is 5.04. The molecule has 9 heavy (non-hydrogen) atoms. The summed E-state index contributed by atoms with van der Waals surface area (Å²) in [7, 11) is 0. The molecule has 0 rings (SSSR count). The third-order valence-electron chi connectivity index (χ3n) is 0.561. The van der Waals surface area contributed by atoms with Gasteiger partial charge in [-0.2, -0.15) is 25.8 Å². The van der Waals surface area contributed by atoms with Crippen molar-refractivity contribution in [2.45, 2.75) is 11.4 Å². The first-order valence-corrected chi connectivity index (χ1v) is 2.46. The molecule has 52 valence electrons. The smallest absolute Gasteiger partial charge is 0.234 e. The van der Waals surface area contributed by atoms with Gasteiger partial charge in [-0.15, -0.1) is 0 Å². The van der Waals surface area contributed by atoms with E-state index in [9.17, 15) is 18.0 Å². The van der Waals surface area contributed by atoms with E-state index in [1.807, 2.05) is 0 Å². The number of rotatable bonds is 1. The predicted molar refractivity (Wildman–Crippen MR) is 29.1 cm³/mol. The highest BCUT2D eigenvalue weighted by atomic mass is 32.1. The van der Waals surface area contributed by atoms with Crippen LogP contribution in [0.4, 0.5) is 13.2 Å². The van der Waals surface area contributed by atoms with Crippen molar-refractivity contribution in [1.29, 1.82) is 0 Å². The molecule has 1 atom stereocenters. The molecule has 0 heterocycles. The minimum absolute atomic E-state index is 0.309. The molecule has 0 N–H and O–H groups in total. The van der Waals surface area contributed by atoms with E-state index in [0.29, 0.717) is 6.08 Å². The number of alkyl halides is 3. The van der Waals surface area contributed by atoms with Crippen LogP contribution in [-0.4, -0.2) is 17.4 Å². The van der Waals surface area contributed by atoms with Crippen LogP contribution in [-0.2, 0) is 4.79 Å². The molecule has 5 heteroatoms. The van der Waals surface area contributed by atoms with Crippen molar-refractivity contribution < 1.29 is 18.0 Å². The maximum Gasteiger partial charge on any atom is 0.404 e. The summed E-state index contributed by atoms with van der Waals surface area (Å²) in [6, 6.07) is 0. The third kappa shape index (κ3) is 3.21. The quantitative estimate of drug-likeness (QED) is 0.446. The van der Waals surface area contributed by atoms with Crippen LogP contribution in [0.2, 0.25) is 0 Å². The number of carbonyl (C=O) groups excluding carboxylic acids is 1. The Labute approximate surface area is 55.0 Å². The number of thiol groups is 1. The van der Waals surface area contributed by atoms with E-state index in [4.69, 9.17) is 0 Å². The van der Waals surface area contributed by atoms with E-state index in [1.54, 1.807) is 0 Å². The lowest BCUT2D eigenvalue weighted by molar-refractivity contribution is -0.119. The summed E-state index contributed by atoms with van der Waals surface area (Å²) in [6.07, 6.45) is -4.14. The van der Waals surface area contributed by atoms with Gasteiger partial charge in [0.25, 0.3) is 0 Å². The average Bonchev–Trinajstić information content (AvgIpc) is 1.64. The van der Waals surface area contributed by atoms with Crippen molar-refractivity contribution in [3.8, 4) is 0 Å². The summed E-state index contributed by atoms with van der Waals surface area (Å²) >= 11 is 3.05. The maximum absolute atomic E-state index is 11.3. The molecule has 0 aromatic heterocycles. The monoisotopic (exact) mass is 156 g/mol. The van der Waals surface area contributed by atoms with Crippen molar-refractivity contribution in [3.63, 3.8) is 0 Å². The first kappa shape index (κ1) is 8.59. The molecule has 0 bridgehead atoms. The fourth-order valence-corrected chi connectivity index (χ4v) is 0.220. The molecule has 0 aliphatic heterocycles. The standard InChI is InChI=1S/C4H3F3OS/c5-4(6,7)3(9)1-2-8/h1,3,9H. The zero-order valence-electron chi connectivity index (χ0n) is 4.14. The van der Waals surface area contributed by atoms with Gasteiger partial charge in [0.15, 0.2) is 0 Å². The molecule has 1 nitrogen and oxygen atoms in total. The molecule has 0 spiro atoms. The van der Waals surface area contributed by atoms with Gasteiger partial charge in [-0.3, -0.25) is 0 Å². The van der Waals surface area contributed by atoms with Crippen LogP contribution >= 0.6 is 12.6 Å². The van der Waals surface area contributed by atoms with Crippen molar-refractivity contribution in [3.05, 3.63) is 6.08 Å². The topological polar surface area (TPSA) is 17.1 Å². The summed E-state index contributed by atoms with van der Waals surface area (Å²) < 4.78 is 34.0. The Hall–Kier alpha value is -0.410. The Morgan fingerprint density at radius 2 is 2.00 bits per heavy atom. The van der Waals surface area contributed by atoms with Crippen LogP contribution in [0.1, 0.15) is 0 Å². The number of hydrogen-bond donors (Lipinski definition) is 1. The van der Waals surface area contributed by atoms with Gasteiger partial charge in [-0.25, -0.2) is 4.79 Å². The summed E-state index contributed by atoms with van der Waals surface area (Å²) in [4.78, 5) is 9.33. The van der Waals surface area contributed by atoms with E-state index in [1.165, 1.54) is 0 Å². The minimum atomic E-state index is -4.44. The Balaban J connectivity index is 4.03. The normalized spacial score (nSPS) is 14.2. The first-order chi connectivity index (χ1) is 3.98. The fourth-order valence-electron chi connectivity index (χ4n) is 0.159. The Kier molecular flexibility index (Phi) is 2.81. The highest BCUT2D eigenvalue weighted by Crippen LogP contribution is 2.24. The van der Waals surface area contributed by atoms with E-state index in [0.717, 1.165) is 5.94 Å². The van der Waals surface area contributed by atoms with Gasteiger partial charge in [0.2, 0.25) is 0 Å². The van der Waals surface area contributed by atoms with Gasteiger partial charge in [-0.1, -0.05) is 0 Å². The van der Waals surface area contributed by atoms with Crippen LogP contribution in [0.3, 0.4) is 0 Å². The predicted octanol–water partition coefficient (Wildman–Crippen LogP) is 1.23. The molecule has 0 aromatic carbocycles. The minimum Gasteiger partial charge on any atom is -0.234 e. The molecular weight excluding hydrogens is 153 g/mol. The largest absolute Gasteiger partial charge is 0.404 e. The molecular formula is C4H3F3OS. The molecule has 0 saturated heterocycles. The SMILES string of the molecule is O=C=CC(S)C(F)(F)F. The van der Waals surface area contributed by atoms with E-state index < -0.39 is 11.4 Å². The van der Waals surface area contributed by atoms with Gasteiger partial charge in [-0.05, 0) is 0 Å². The van der Waals surface area contributed by atoms with Crippen LogP contribution in [0.5, 0.6) is 0 Å². The second-order valence-corrected chi connectivity index (χ2v) is 1.83. The van der Waals surface area contributed by atoms with Crippen LogP contribution in [0.25, 0.3) is 0 Å². The van der Waals surface area contributed by atoms with E-state index in [2.05, 4.69) is 12.6 Å². The Morgan fingerprint density at radius 1 is 1.56 bits per heavy atom. The lowest BCUT2D eigenvalue weighted by atomic mass is 10.4. The molecule has 0 radical (unpaired) electrons. The summed E-state index contributed by atoms with van der Waals surface area (Å²) in [6.45, 7) is 0. The van der Waals surface area contributed by atoms with Gasteiger partial charge in [0.1, 0.15) is 11.2 Å². The van der Waals surface area contributed by atoms with Gasteiger partial charge >= 0.3 is 6.18 Å². The highest BCUT2D eigenvalue weighted by Gasteiger charge is 2.35. The van der Waals surface area contributed by atoms with Gasteiger partial charge < -0.3 is 0 Å². The first-order valence-electron chi connectivity index (χ1n) is 1.94. The third-order valence-corrected chi connectivity index (χ3v) is 1.00. The molecule has 0 fully saturated rings. The molecule has 0 aromatic rings. The zero-order chi connectivity index (χ0) is 7.49. The average molecular weight is 156 g/mol. The molecule has 1 unspecified atom stereocenters. The molecule has 0 aliphatic rings. The lowest BCUT2D eigenvalue weighted by Gasteiger charge is -2.07. The van der Waals surface area contributed by atoms with Crippen molar-refractivity contribution in [1.82, 2.24) is 0 Å². The van der Waals surface area contributed by atoms with E-state index in [-0.39, 0.29) is 0 Å². The Morgan fingerprint density at radius 3 is 2.11 bits per heavy atom. The van der Waals surface area contributed by atoms with Gasteiger partial charge in [0, 0.05) is 6.08 Å². The van der Waals surface area contributed by atoms with Crippen LogP contribution in [0.15, 0.2) is 6.08 Å². The fraction of sp³-hybridized carbons (Fsp3) is 0.500. The number of hydrogen-bond acceptors (Lipinski definition) is 2. The molecule has 0 aliphatic carbocycles. The van der Waals surface area contributed by atoms with Crippen LogP contribution in [0, 0.1) is 0 Å². The summed E-state index contributed by atoms with van der Waals surface area (Å²) in [5.41, 5.74) is 0. The van der Waals surface area contributed by atoms with Crippen LogP contribution < -0.4 is 0 Å². The number of halogens is 3. The van der Waals surface area contributed by atoms with Crippen molar-refractivity contribution in [2.24, 2.45) is 0 Å². The Bertz CT molecular complexity index is 135. The summed E-state index contributed by atoms with van der Waals surface area (Å²) in [5.74, 6) is 1.00. The van der Waals surface area contributed by atoms with E-state index >= 15 is 0 Å². The van der Waals surface area contributed by atoms with Crippen molar-refractivity contribution in [2.75, 3.05) is 0 Å². The second kappa shape index (κ2) is 2.94.